The second-order valence-electron chi connectivity index (χ2n) is 8.40. The van der Waals surface area contributed by atoms with Crippen LogP contribution >= 0.6 is 11.6 Å². The maximum atomic E-state index is 13.3. The molecule has 4 rings (SSSR count). The van der Waals surface area contributed by atoms with Gasteiger partial charge in [-0.3, -0.25) is 9.29 Å². The molecule has 2 fully saturated rings. The Hall–Kier alpha value is -1.82. The zero-order valence-corrected chi connectivity index (χ0v) is 20.0. The minimum atomic E-state index is -3.90. The molecule has 1 aliphatic carbocycles. The molecule has 1 saturated carbocycles. The largest absolute Gasteiger partial charge is 0.369 e. The Balaban J connectivity index is 1.58. The van der Waals surface area contributed by atoms with Crippen molar-refractivity contribution >= 4 is 27.6 Å². The molecule has 10 nitrogen and oxygen atoms in total. The first-order chi connectivity index (χ1) is 15.3. The Morgan fingerprint density at radius 1 is 1.25 bits per heavy atom. The number of hydrogen-bond donors (Lipinski definition) is 1. The Morgan fingerprint density at radius 3 is 2.56 bits per heavy atom. The maximum Gasteiger partial charge on any atom is 0.240 e. The molecular formula is C20H29ClN6O4S. The Labute approximate surface area is 193 Å². The fourth-order valence-corrected chi connectivity index (χ4v) is 5.00. The summed E-state index contributed by atoms with van der Waals surface area (Å²) in [5.41, 5.74) is 0. The van der Waals surface area contributed by atoms with Crippen LogP contribution in [0, 0.1) is 0 Å². The van der Waals surface area contributed by atoms with Crippen LogP contribution in [-0.2, 0) is 19.5 Å². The van der Waals surface area contributed by atoms with Crippen molar-refractivity contribution in [3.63, 3.8) is 0 Å². The molecule has 176 valence electrons. The van der Waals surface area contributed by atoms with Crippen molar-refractivity contribution in [2.75, 3.05) is 11.3 Å². The van der Waals surface area contributed by atoms with Crippen LogP contribution in [0.4, 0.5) is 5.95 Å². The molecule has 0 radical (unpaired) electrons. The van der Waals surface area contributed by atoms with E-state index in [2.05, 4.69) is 24.9 Å². The Bertz CT molecular complexity index is 1030. The minimum absolute atomic E-state index is 0.153. The molecule has 0 aromatic carbocycles. The molecule has 2 aromatic rings. The van der Waals surface area contributed by atoms with E-state index in [9.17, 15) is 8.42 Å². The monoisotopic (exact) mass is 484 g/mol. The highest BCUT2D eigenvalue weighted by Gasteiger charge is 2.38. The predicted molar refractivity (Wildman–Crippen MR) is 119 cm³/mol. The zero-order valence-electron chi connectivity index (χ0n) is 18.4. The van der Waals surface area contributed by atoms with E-state index in [1.807, 2.05) is 18.4 Å². The van der Waals surface area contributed by atoms with E-state index in [1.54, 1.807) is 6.92 Å². The molecule has 12 heteroatoms. The normalized spacial score (nSPS) is 23.2. The predicted octanol–water partition coefficient (Wildman–Crippen LogP) is 3.59. The van der Waals surface area contributed by atoms with Gasteiger partial charge < -0.3 is 9.47 Å². The van der Waals surface area contributed by atoms with E-state index in [0.29, 0.717) is 17.5 Å². The molecule has 3 heterocycles. The second kappa shape index (κ2) is 9.58. The van der Waals surface area contributed by atoms with Gasteiger partial charge in [-0.2, -0.15) is 0 Å². The van der Waals surface area contributed by atoms with E-state index in [-0.39, 0.29) is 30.0 Å². The van der Waals surface area contributed by atoms with Crippen molar-refractivity contribution in [1.29, 1.82) is 0 Å². The summed E-state index contributed by atoms with van der Waals surface area (Å²) in [6, 6.07) is 0.180. The topological polar surface area (TPSA) is 121 Å². The van der Waals surface area contributed by atoms with Gasteiger partial charge in [0.05, 0.1) is 11.1 Å². The molecule has 1 saturated heterocycles. The van der Waals surface area contributed by atoms with Crippen LogP contribution in [-0.4, -0.2) is 51.1 Å². The van der Waals surface area contributed by atoms with Gasteiger partial charge in [0.25, 0.3) is 0 Å². The average molecular weight is 485 g/mol. The van der Waals surface area contributed by atoms with Crippen LogP contribution in [0.3, 0.4) is 0 Å². The van der Waals surface area contributed by atoms with E-state index in [1.165, 1.54) is 12.4 Å². The molecular weight excluding hydrogens is 456 g/mol. The van der Waals surface area contributed by atoms with E-state index in [4.69, 9.17) is 21.1 Å². The summed E-state index contributed by atoms with van der Waals surface area (Å²) < 4.78 is 43.0. The van der Waals surface area contributed by atoms with Crippen molar-refractivity contribution < 1.29 is 17.9 Å². The number of rotatable bonds is 10. The van der Waals surface area contributed by atoms with Gasteiger partial charge in [-0.25, -0.2) is 18.4 Å². The SMILES string of the molecule is CCCO[C@@H](c1ncc(Cl)cn1)[C@H](C)S(=O)(=O)Nc1nnc([C@H]2CC[C@@H](C)O2)n1C1CC1. The molecule has 2 aliphatic rings. The lowest BCUT2D eigenvalue weighted by atomic mass is 10.2. The Morgan fingerprint density at radius 2 is 1.97 bits per heavy atom. The molecule has 1 aliphatic heterocycles. The number of halogens is 1. The molecule has 4 atom stereocenters. The summed E-state index contributed by atoms with van der Waals surface area (Å²) in [6.45, 7) is 5.92. The number of hydrogen-bond acceptors (Lipinski definition) is 8. The van der Waals surface area contributed by atoms with Gasteiger partial charge in [-0.1, -0.05) is 18.5 Å². The summed E-state index contributed by atoms with van der Waals surface area (Å²) in [5, 5.41) is 7.85. The highest BCUT2D eigenvalue weighted by molar-refractivity contribution is 7.93. The quantitative estimate of drug-likeness (QED) is 0.543. The van der Waals surface area contributed by atoms with Gasteiger partial charge in [-0.05, 0) is 46.0 Å². The first-order valence-corrected chi connectivity index (χ1v) is 12.9. The van der Waals surface area contributed by atoms with Gasteiger partial charge >= 0.3 is 0 Å². The third-order valence-electron chi connectivity index (χ3n) is 5.70. The third-order valence-corrected chi connectivity index (χ3v) is 7.59. The van der Waals surface area contributed by atoms with Crippen molar-refractivity contribution in [3.8, 4) is 0 Å². The van der Waals surface area contributed by atoms with E-state index in [0.717, 1.165) is 32.1 Å². The van der Waals surface area contributed by atoms with E-state index >= 15 is 0 Å². The standard InChI is InChI=1S/C20H29ClN6O4S/c1-4-9-30-17(18-22-10-14(21)11-23-18)13(3)32(28,29)26-20-25-24-19(27(20)15-6-7-15)16-8-5-12(2)31-16/h10-13,15-17H,4-9H2,1-3H3,(H,25,26)/t12-,13+,16-,17-/m1/s1. The lowest BCUT2D eigenvalue weighted by molar-refractivity contribution is 0.0466. The fraction of sp³-hybridized carbons (Fsp3) is 0.700. The number of sulfonamides is 1. The first kappa shape index (κ1) is 23.3. The first-order valence-electron chi connectivity index (χ1n) is 11.0. The number of nitrogens with zero attached hydrogens (tertiary/aromatic N) is 5. The van der Waals surface area contributed by atoms with Gasteiger partial charge in [0, 0.05) is 25.0 Å². The zero-order chi connectivity index (χ0) is 22.9. The van der Waals surface area contributed by atoms with Crippen molar-refractivity contribution in [2.24, 2.45) is 0 Å². The molecule has 2 aromatic heterocycles. The van der Waals surface area contributed by atoms with Crippen LogP contribution in [0.5, 0.6) is 0 Å². The second-order valence-corrected chi connectivity index (χ2v) is 10.9. The third kappa shape index (κ3) is 5.05. The van der Waals surface area contributed by atoms with Crippen LogP contribution in [0.15, 0.2) is 12.4 Å². The number of ether oxygens (including phenoxy) is 2. The molecule has 0 amide bonds. The summed E-state index contributed by atoms with van der Waals surface area (Å²) in [7, 11) is -3.90. The average Bonchev–Trinajstić information content (AvgIpc) is 3.38. The smallest absolute Gasteiger partial charge is 0.240 e. The lowest BCUT2D eigenvalue weighted by Crippen LogP contribution is -2.34. The summed E-state index contributed by atoms with van der Waals surface area (Å²) >= 11 is 5.89. The van der Waals surface area contributed by atoms with Crippen molar-refractivity contribution in [3.05, 3.63) is 29.1 Å². The molecule has 0 unspecified atom stereocenters. The van der Waals surface area contributed by atoms with Crippen molar-refractivity contribution in [1.82, 2.24) is 24.7 Å². The van der Waals surface area contributed by atoms with E-state index < -0.39 is 21.4 Å². The lowest BCUT2D eigenvalue weighted by Gasteiger charge is -2.23. The fourth-order valence-electron chi connectivity index (χ4n) is 3.79. The summed E-state index contributed by atoms with van der Waals surface area (Å²) in [4.78, 5) is 8.36. The highest BCUT2D eigenvalue weighted by atomic mass is 35.5. The van der Waals surface area contributed by atoms with Crippen LogP contribution in [0.2, 0.25) is 5.02 Å². The minimum Gasteiger partial charge on any atom is -0.369 e. The number of anilines is 1. The van der Waals surface area contributed by atoms with Crippen LogP contribution in [0.25, 0.3) is 0 Å². The van der Waals surface area contributed by atoms with Crippen LogP contribution < -0.4 is 4.72 Å². The molecule has 1 N–H and O–H groups in total. The number of aromatic nitrogens is 5. The van der Waals surface area contributed by atoms with Gasteiger partial charge in [0.1, 0.15) is 17.5 Å². The molecule has 0 bridgehead atoms. The van der Waals surface area contributed by atoms with Gasteiger partial charge in [0.15, 0.2) is 11.6 Å². The van der Waals surface area contributed by atoms with Gasteiger partial charge in [-0.15, -0.1) is 10.2 Å². The Kier molecular flexibility index (Phi) is 6.99. The maximum absolute atomic E-state index is 13.3. The van der Waals surface area contributed by atoms with Crippen molar-refractivity contribution in [2.45, 2.75) is 82.5 Å². The van der Waals surface area contributed by atoms with Crippen LogP contribution in [0.1, 0.15) is 82.8 Å². The number of nitrogens with one attached hydrogen (secondary N) is 1. The molecule has 32 heavy (non-hydrogen) atoms. The highest BCUT2D eigenvalue weighted by Crippen LogP contribution is 2.42. The molecule has 0 spiro atoms. The summed E-state index contributed by atoms with van der Waals surface area (Å²) in [6.07, 6.45) is 6.40. The summed E-state index contributed by atoms with van der Waals surface area (Å²) in [5.74, 6) is 1.16. The van der Waals surface area contributed by atoms with Gasteiger partial charge in [0.2, 0.25) is 16.0 Å².